The highest BCUT2D eigenvalue weighted by molar-refractivity contribution is 5.78. The van der Waals surface area contributed by atoms with Gasteiger partial charge in [-0.2, -0.15) is 5.10 Å². The topological polar surface area (TPSA) is 61.4 Å². The van der Waals surface area contributed by atoms with Gasteiger partial charge in [0.1, 0.15) is 5.75 Å². The molecule has 6 heteroatoms. The lowest BCUT2D eigenvalue weighted by atomic mass is 10.1. The normalized spacial score (nSPS) is 11.2. The number of ether oxygens (including phenoxy) is 1. The zero-order chi connectivity index (χ0) is 16.5. The number of hydrogen-bond acceptors (Lipinski definition) is 4. The number of aromatic nitrogens is 4. The minimum absolute atomic E-state index is 0.0627. The van der Waals surface area contributed by atoms with Crippen LogP contribution in [0.4, 0.5) is 0 Å². The van der Waals surface area contributed by atoms with Gasteiger partial charge in [0.05, 0.1) is 24.2 Å². The summed E-state index contributed by atoms with van der Waals surface area (Å²) < 4.78 is 8.75. The van der Waals surface area contributed by atoms with Crippen molar-refractivity contribution in [2.24, 2.45) is 0 Å². The van der Waals surface area contributed by atoms with Crippen LogP contribution in [0.3, 0.4) is 0 Å². The Morgan fingerprint density at radius 3 is 2.92 bits per heavy atom. The monoisotopic (exact) mass is 320 g/mol. The Hall–Kier alpha value is -3.15. The van der Waals surface area contributed by atoms with Crippen molar-refractivity contribution < 1.29 is 4.74 Å². The molecule has 120 valence electrons. The van der Waals surface area contributed by atoms with Crippen LogP contribution in [-0.2, 0) is 13.0 Å². The smallest absolute Gasteiger partial charge is 0.261 e. The van der Waals surface area contributed by atoms with Gasteiger partial charge in [0.15, 0.2) is 5.65 Å². The lowest BCUT2D eigenvalue weighted by molar-refractivity contribution is 0.408. The number of nitrogens with zero attached hydrogens (tertiary/aromatic N) is 4. The van der Waals surface area contributed by atoms with E-state index >= 15 is 0 Å². The van der Waals surface area contributed by atoms with Crippen molar-refractivity contribution in [2.45, 2.75) is 13.0 Å². The Morgan fingerprint density at radius 2 is 2.04 bits per heavy atom. The largest absolute Gasteiger partial charge is 0.496 e. The number of rotatable bonds is 4. The first-order valence-electron chi connectivity index (χ1n) is 7.72. The molecular formula is C18H16N4O2. The predicted molar refractivity (Wildman–Crippen MR) is 91.5 cm³/mol. The first kappa shape index (κ1) is 14.4. The van der Waals surface area contributed by atoms with E-state index < -0.39 is 0 Å². The molecule has 0 N–H and O–H groups in total. The molecule has 0 bridgehead atoms. The van der Waals surface area contributed by atoms with Gasteiger partial charge in [0, 0.05) is 25.0 Å². The molecule has 3 heterocycles. The van der Waals surface area contributed by atoms with E-state index in [1.54, 1.807) is 34.8 Å². The molecular weight excluding hydrogens is 304 g/mol. The van der Waals surface area contributed by atoms with Crippen molar-refractivity contribution in [1.29, 1.82) is 0 Å². The Bertz CT molecular complexity index is 1080. The second kappa shape index (κ2) is 5.81. The lowest BCUT2D eigenvalue weighted by Gasteiger charge is -2.10. The summed E-state index contributed by atoms with van der Waals surface area (Å²) in [6.45, 7) is 0.576. The summed E-state index contributed by atoms with van der Waals surface area (Å²) in [5, 5.41) is 4.79. The maximum absolute atomic E-state index is 12.7. The molecule has 0 amide bonds. The van der Waals surface area contributed by atoms with Crippen LogP contribution in [0, 0.1) is 0 Å². The van der Waals surface area contributed by atoms with E-state index in [9.17, 15) is 4.79 Å². The lowest BCUT2D eigenvalue weighted by Crippen LogP contribution is -2.21. The predicted octanol–water partition coefficient (Wildman–Crippen LogP) is 2.30. The Labute approximate surface area is 137 Å². The molecule has 1 aromatic carbocycles. The summed E-state index contributed by atoms with van der Waals surface area (Å²) in [6, 6.07) is 11.6. The molecule has 0 aliphatic rings. The standard InChI is InChI=1S/C18H16N4O2/c1-24-16-5-3-2-4-13(16)7-10-21-11-8-15-14(18(21)23)12-19-17-6-9-20-22(15)17/h2-6,8-9,11-12H,7,10H2,1H3. The van der Waals surface area contributed by atoms with Crippen LogP contribution in [0.1, 0.15) is 5.56 Å². The molecule has 0 fully saturated rings. The molecule has 0 atom stereocenters. The highest BCUT2D eigenvalue weighted by Gasteiger charge is 2.08. The van der Waals surface area contributed by atoms with E-state index in [0.717, 1.165) is 22.5 Å². The van der Waals surface area contributed by atoms with Gasteiger partial charge in [-0.25, -0.2) is 9.50 Å². The van der Waals surface area contributed by atoms with E-state index in [1.807, 2.05) is 36.4 Å². The van der Waals surface area contributed by atoms with Gasteiger partial charge in [0.2, 0.25) is 0 Å². The van der Waals surface area contributed by atoms with E-state index in [1.165, 1.54) is 0 Å². The van der Waals surface area contributed by atoms with Crippen LogP contribution in [0.25, 0.3) is 16.6 Å². The Kier molecular flexibility index (Phi) is 3.49. The van der Waals surface area contributed by atoms with Gasteiger partial charge in [-0.15, -0.1) is 0 Å². The summed E-state index contributed by atoms with van der Waals surface area (Å²) in [4.78, 5) is 17.0. The van der Waals surface area contributed by atoms with Crippen molar-refractivity contribution in [3.05, 3.63) is 70.9 Å². The maximum atomic E-state index is 12.7. The fourth-order valence-corrected chi connectivity index (χ4v) is 2.93. The van der Waals surface area contributed by atoms with E-state index in [4.69, 9.17) is 4.74 Å². The molecule has 6 nitrogen and oxygen atoms in total. The quantitative estimate of drug-likeness (QED) is 0.579. The summed E-state index contributed by atoms with van der Waals surface area (Å²) in [5.41, 5.74) is 2.51. The van der Waals surface area contributed by atoms with Crippen LogP contribution >= 0.6 is 0 Å². The fourth-order valence-electron chi connectivity index (χ4n) is 2.93. The minimum atomic E-state index is -0.0627. The third-order valence-corrected chi connectivity index (χ3v) is 4.17. The molecule has 24 heavy (non-hydrogen) atoms. The van der Waals surface area contributed by atoms with Gasteiger partial charge in [-0.1, -0.05) is 18.2 Å². The Morgan fingerprint density at radius 1 is 1.17 bits per heavy atom. The summed E-state index contributed by atoms with van der Waals surface area (Å²) in [6.07, 6.45) is 5.82. The summed E-state index contributed by atoms with van der Waals surface area (Å²) in [7, 11) is 1.65. The van der Waals surface area contributed by atoms with Crippen molar-refractivity contribution in [3.63, 3.8) is 0 Å². The second-order valence-electron chi connectivity index (χ2n) is 5.53. The molecule has 0 radical (unpaired) electrons. The molecule has 0 unspecified atom stereocenters. The molecule has 3 aromatic heterocycles. The van der Waals surface area contributed by atoms with E-state index in [2.05, 4.69) is 10.1 Å². The number of pyridine rings is 1. The molecule has 4 rings (SSSR count). The molecule has 4 aromatic rings. The van der Waals surface area contributed by atoms with Crippen molar-refractivity contribution >= 4 is 16.6 Å². The van der Waals surface area contributed by atoms with E-state index in [-0.39, 0.29) is 5.56 Å². The fraction of sp³-hybridized carbons (Fsp3) is 0.167. The second-order valence-corrected chi connectivity index (χ2v) is 5.53. The number of fused-ring (bicyclic) bond motifs is 3. The van der Waals surface area contributed by atoms with Crippen LogP contribution in [-0.4, -0.2) is 26.3 Å². The van der Waals surface area contributed by atoms with Crippen LogP contribution in [0.2, 0.25) is 0 Å². The number of para-hydroxylation sites is 1. The highest BCUT2D eigenvalue weighted by Crippen LogP contribution is 2.18. The molecule has 0 aliphatic heterocycles. The van der Waals surface area contributed by atoms with Crippen molar-refractivity contribution in [2.75, 3.05) is 7.11 Å². The number of aryl methyl sites for hydroxylation is 2. The Balaban J connectivity index is 1.71. The van der Waals surface area contributed by atoms with Gasteiger partial charge in [-0.3, -0.25) is 4.79 Å². The summed E-state index contributed by atoms with van der Waals surface area (Å²) >= 11 is 0. The first-order chi connectivity index (χ1) is 11.8. The number of methoxy groups -OCH3 is 1. The van der Waals surface area contributed by atoms with Gasteiger partial charge in [-0.05, 0) is 24.1 Å². The third-order valence-electron chi connectivity index (χ3n) is 4.17. The van der Waals surface area contributed by atoms with Gasteiger partial charge >= 0.3 is 0 Å². The number of hydrogen-bond donors (Lipinski definition) is 0. The third kappa shape index (κ3) is 2.32. The zero-order valence-electron chi connectivity index (χ0n) is 13.2. The van der Waals surface area contributed by atoms with Gasteiger partial charge < -0.3 is 9.30 Å². The average Bonchev–Trinajstić information content (AvgIpc) is 3.10. The maximum Gasteiger partial charge on any atom is 0.261 e. The average molecular weight is 320 g/mol. The molecule has 0 saturated carbocycles. The van der Waals surface area contributed by atoms with Crippen LogP contribution in [0.15, 0.2) is 59.8 Å². The minimum Gasteiger partial charge on any atom is -0.496 e. The zero-order valence-corrected chi connectivity index (χ0v) is 13.2. The SMILES string of the molecule is COc1ccccc1CCn1ccc2c(cnc3ccnn32)c1=O. The van der Waals surface area contributed by atoms with Crippen LogP contribution < -0.4 is 10.3 Å². The van der Waals surface area contributed by atoms with Crippen molar-refractivity contribution in [1.82, 2.24) is 19.2 Å². The number of benzene rings is 1. The van der Waals surface area contributed by atoms with Crippen LogP contribution in [0.5, 0.6) is 5.75 Å². The van der Waals surface area contributed by atoms with Crippen molar-refractivity contribution in [3.8, 4) is 5.75 Å². The van der Waals surface area contributed by atoms with Gasteiger partial charge in [0.25, 0.3) is 5.56 Å². The molecule has 0 saturated heterocycles. The first-order valence-corrected chi connectivity index (χ1v) is 7.72. The highest BCUT2D eigenvalue weighted by atomic mass is 16.5. The summed E-state index contributed by atoms with van der Waals surface area (Å²) in [5.74, 6) is 0.839. The molecule has 0 aliphatic carbocycles. The van der Waals surface area contributed by atoms with E-state index in [0.29, 0.717) is 18.4 Å². The molecule has 0 spiro atoms.